The minimum Gasteiger partial charge on any atom is -0.496 e. The lowest BCUT2D eigenvalue weighted by Gasteiger charge is -2.18. The van der Waals surface area contributed by atoms with Gasteiger partial charge in [-0.05, 0) is 13.0 Å². The largest absolute Gasteiger partial charge is 0.496 e. The van der Waals surface area contributed by atoms with E-state index in [2.05, 4.69) is 23.2 Å². The summed E-state index contributed by atoms with van der Waals surface area (Å²) < 4.78 is 21.5. The number of esters is 1. The number of rotatable bonds is 12. The SMILES string of the molecule is C#CCNc1cc(OC)c(OCCCN(C#CC)C(=O)Cc2ccccc2OC)cc1C(=O)OC. The number of terminal acetylenes is 1. The van der Waals surface area contributed by atoms with Crippen LogP contribution in [0.15, 0.2) is 36.4 Å². The lowest BCUT2D eigenvalue weighted by Crippen LogP contribution is -2.29. The topological polar surface area (TPSA) is 86.3 Å². The molecular weight excluding hydrogens is 448 g/mol. The maximum atomic E-state index is 12.8. The molecule has 2 aromatic rings. The number of para-hydroxylation sites is 1. The predicted molar refractivity (Wildman–Crippen MR) is 134 cm³/mol. The van der Waals surface area contributed by atoms with Gasteiger partial charge >= 0.3 is 5.97 Å². The number of methoxy groups -OCH3 is 3. The normalized spacial score (nSPS) is 9.69. The van der Waals surface area contributed by atoms with Gasteiger partial charge in [-0.2, -0.15) is 0 Å². The second-order valence-electron chi connectivity index (χ2n) is 7.20. The van der Waals surface area contributed by atoms with Gasteiger partial charge in [-0.25, -0.2) is 4.79 Å². The van der Waals surface area contributed by atoms with Crippen LogP contribution in [0, 0.1) is 24.3 Å². The number of carbonyl (C=O) groups excluding carboxylic acids is 2. The zero-order valence-corrected chi connectivity index (χ0v) is 20.5. The molecule has 0 atom stereocenters. The molecule has 0 fully saturated rings. The number of amides is 1. The number of hydrogen-bond donors (Lipinski definition) is 1. The van der Waals surface area contributed by atoms with E-state index in [0.717, 1.165) is 5.56 Å². The van der Waals surface area contributed by atoms with Gasteiger partial charge in [0.15, 0.2) is 11.5 Å². The van der Waals surface area contributed by atoms with Crippen LogP contribution in [0.25, 0.3) is 0 Å². The zero-order chi connectivity index (χ0) is 25.6. The smallest absolute Gasteiger partial charge is 0.340 e. The van der Waals surface area contributed by atoms with E-state index < -0.39 is 5.97 Å². The van der Waals surface area contributed by atoms with Crippen LogP contribution in [0.3, 0.4) is 0 Å². The number of hydrogen-bond acceptors (Lipinski definition) is 7. The lowest BCUT2D eigenvalue weighted by atomic mass is 10.1. The molecule has 8 nitrogen and oxygen atoms in total. The average Bonchev–Trinajstić information content (AvgIpc) is 2.88. The van der Waals surface area contributed by atoms with Crippen molar-refractivity contribution in [3.05, 3.63) is 47.5 Å². The van der Waals surface area contributed by atoms with E-state index in [9.17, 15) is 9.59 Å². The number of ether oxygens (including phenoxy) is 4. The molecule has 2 rings (SSSR count). The minimum absolute atomic E-state index is 0.140. The summed E-state index contributed by atoms with van der Waals surface area (Å²) in [6.07, 6.45) is 5.98. The van der Waals surface area contributed by atoms with Gasteiger partial charge < -0.3 is 24.3 Å². The summed E-state index contributed by atoms with van der Waals surface area (Å²) in [5.41, 5.74) is 1.53. The summed E-state index contributed by atoms with van der Waals surface area (Å²) in [5.74, 6) is 6.01. The highest BCUT2D eigenvalue weighted by Crippen LogP contribution is 2.34. The van der Waals surface area contributed by atoms with E-state index in [1.807, 2.05) is 24.3 Å². The van der Waals surface area contributed by atoms with Gasteiger partial charge in [-0.1, -0.05) is 30.0 Å². The number of benzene rings is 2. The maximum Gasteiger partial charge on any atom is 0.340 e. The Morgan fingerprint density at radius 3 is 2.46 bits per heavy atom. The number of anilines is 1. The number of nitrogens with zero attached hydrogens (tertiary/aromatic N) is 1. The third-order valence-corrected chi connectivity index (χ3v) is 4.96. The molecule has 1 N–H and O–H groups in total. The van der Waals surface area contributed by atoms with E-state index in [-0.39, 0.29) is 31.0 Å². The van der Waals surface area contributed by atoms with Crippen molar-refractivity contribution in [2.24, 2.45) is 0 Å². The Hall–Kier alpha value is -4.30. The monoisotopic (exact) mass is 478 g/mol. The molecule has 0 aliphatic carbocycles. The van der Waals surface area contributed by atoms with E-state index >= 15 is 0 Å². The molecule has 0 aromatic heterocycles. The van der Waals surface area contributed by atoms with Crippen LogP contribution < -0.4 is 19.5 Å². The Morgan fingerprint density at radius 1 is 1.06 bits per heavy atom. The molecule has 35 heavy (non-hydrogen) atoms. The Kier molecular flexibility index (Phi) is 10.8. The molecule has 0 saturated heterocycles. The second kappa shape index (κ2) is 14.1. The molecule has 0 spiro atoms. The van der Waals surface area contributed by atoms with Crippen molar-refractivity contribution in [3.63, 3.8) is 0 Å². The fraction of sp³-hybridized carbons (Fsp3) is 0.333. The van der Waals surface area contributed by atoms with Crippen molar-refractivity contribution in [2.45, 2.75) is 19.8 Å². The summed E-state index contributed by atoms with van der Waals surface area (Å²) in [4.78, 5) is 26.6. The van der Waals surface area contributed by atoms with Crippen LogP contribution >= 0.6 is 0 Å². The zero-order valence-electron chi connectivity index (χ0n) is 20.5. The molecule has 0 aliphatic rings. The van der Waals surface area contributed by atoms with Crippen LogP contribution in [0.1, 0.15) is 29.3 Å². The molecule has 0 radical (unpaired) electrons. The van der Waals surface area contributed by atoms with E-state index in [0.29, 0.717) is 35.9 Å². The van der Waals surface area contributed by atoms with E-state index in [4.69, 9.17) is 25.4 Å². The maximum absolute atomic E-state index is 12.8. The highest BCUT2D eigenvalue weighted by molar-refractivity contribution is 5.96. The summed E-state index contributed by atoms with van der Waals surface area (Å²) in [6.45, 7) is 2.53. The first-order chi connectivity index (χ1) is 17.0. The first kappa shape index (κ1) is 26.9. The average molecular weight is 479 g/mol. The van der Waals surface area contributed by atoms with Crippen molar-refractivity contribution in [1.29, 1.82) is 0 Å². The lowest BCUT2D eigenvalue weighted by molar-refractivity contribution is -0.127. The minimum atomic E-state index is -0.539. The van der Waals surface area contributed by atoms with Gasteiger partial charge in [0.25, 0.3) is 0 Å². The van der Waals surface area contributed by atoms with Gasteiger partial charge in [-0.3, -0.25) is 9.69 Å². The van der Waals surface area contributed by atoms with Crippen LogP contribution in [0.4, 0.5) is 5.69 Å². The molecule has 184 valence electrons. The molecule has 2 aromatic carbocycles. The van der Waals surface area contributed by atoms with Gasteiger partial charge in [0.05, 0.1) is 52.2 Å². The quantitative estimate of drug-likeness (QED) is 0.217. The molecular formula is C27H30N2O6. The van der Waals surface area contributed by atoms with Crippen molar-refractivity contribution < 1.29 is 28.5 Å². The van der Waals surface area contributed by atoms with Crippen molar-refractivity contribution in [2.75, 3.05) is 46.3 Å². The fourth-order valence-electron chi connectivity index (χ4n) is 3.29. The summed E-state index contributed by atoms with van der Waals surface area (Å²) in [5, 5.41) is 2.98. The molecule has 0 unspecified atom stereocenters. The molecule has 0 aliphatic heterocycles. The number of carbonyl (C=O) groups is 2. The molecule has 0 bridgehead atoms. The van der Waals surface area contributed by atoms with E-state index in [1.165, 1.54) is 19.1 Å². The Labute approximate surface area is 206 Å². The van der Waals surface area contributed by atoms with Crippen LogP contribution in [0.5, 0.6) is 17.2 Å². The third-order valence-electron chi connectivity index (χ3n) is 4.96. The standard InChI is InChI=1S/C27H30N2O6/c1-6-13-28-22-19-24(33-4)25(18-21(22)27(31)34-5)35-16-10-15-29(14-7-2)26(30)17-20-11-8-9-12-23(20)32-3/h1,8-9,11-12,18-19,28H,10,13,15-17H2,2-5H3. The number of nitrogens with one attached hydrogen (secondary N) is 1. The highest BCUT2D eigenvalue weighted by atomic mass is 16.5. The third kappa shape index (κ3) is 7.62. The first-order valence-electron chi connectivity index (χ1n) is 10.9. The predicted octanol–water partition coefficient (Wildman–Crippen LogP) is 3.36. The Balaban J connectivity index is 2.07. The van der Waals surface area contributed by atoms with Crippen LogP contribution in [0.2, 0.25) is 0 Å². The van der Waals surface area contributed by atoms with Gasteiger partial charge in [0.1, 0.15) is 5.75 Å². The second-order valence-corrected chi connectivity index (χ2v) is 7.20. The van der Waals surface area contributed by atoms with Gasteiger partial charge in [0, 0.05) is 36.7 Å². The van der Waals surface area contributed by atoms with Crippen molar-refractivity contribution in [3.8, 4) is 41.6 Å². The molecule has 8 heteroatoms. The van der Waals surface area contributed by atoms with Gasteiger partial charge in [-0.15, -0.1) is 6.42 Å². The van der Waals surface area contributed by atoms with Crippen LogP contribution in [-0.4, -0.2) is 57.8 Å². The van der Waals surface area contributed by atoms with Crippen LogP contribution in [-0.2, 0) is 16.0 Å². The fourth-order valence-corrected chi connectivity index (χ4v) is 3.29. The van der Waals surface area contributed by atoms with E-state index in [1.54, 1.807) is 26.2 Å². The molecule has 0 heterocycles. The molecule has 1 amide bonds. The summed E-state index contributed by atoms with van der Waals surface area (Å²) >= 11 is 0. The summed E-state index contributed by atoms with van der Waals surface area (Å²) in [7, 11) is 4.37. The highest BCUT2D eigenvalue weighted by Gasteiger charge is 2.18. The molecule has 0 saturated carbocycles. The van der Waals surface area contributed by atoms with Crippen molar-refractivity contribution >= 4 is 17.6 Å². The van der Waals surface area contributed by atoms with Crippen molar-refractivity contribution in [1.82, 2.24) is 4.90 Å². The first-order valence-corrected chi connectivity index (χ1v) is 10.9. The van der Waals surface area contributed by atoms with Gasteiger partial charge in [0.2, 0.25) is 5.91 Å². The Bertz CT molecular complexity index is 1130. The Morgan fingerprint density at radius 2 is 1.80 bits per heavy atom. The summed E-state index contributed by atoms with van der Waals surface area (Å²) in [6, 6.07) is 13.4.